The molecule has 0 heterocycles. The molecule has 0 atom stereocenters. The van der Waals surface area contributed by atoms with Gasteiger partial charge in [0.1, 0.15) is 6.09 Å². The van der Waals surface area contributed by atoms with Crippen molar-refractivity contribution >= 4 is 45.1 Å². The standard InChI is InChI=1S/C16H11BrClNO3/c1-2-19(16(21)22)11-7-10-12(14(18)13(11)17)8-5-3-4-6-9(8)15(10)20/h3-7H,2H2,1H3,(H,21,22)/p-1. The van der Waals surface area contributed by atoms with Gasteiger partial charge in [-0.15, -0.1) is 0 Å². The Balaban J connectivity index is 2.30. The number of fused-ring (bicyclic) bond motifs is 3. The van der Waals surface area contributed by atoms with Crippen LogP contribution in [0.2, 0.25) is 5.02 Å². The zero-order chi connectivity index (χ0) is 16.0. The van der Waals surface area contributed by atoms with E-state index in [0.717, 1.165) is 10.5 Å². The Labute approximate surface area is 140 Å². The van der Waals surface area contributed by atoms with E-state index in [-0.39, 0.29) is 12.3 Å². The number of ketones is 1. The van der Waals surface area contributed by atoms with Crippen LogP contribution in [0.25, 0.3) is 11.1 Å². The van der Waals surface area contributed by atoms with Gasteiger partial charge in [-0.1, -0.05) is 35.9 Å². The molecule has 1 amide bonds. The molecule has 6 heteroatoms. The second kappa shape index (κ2) is 5.41. The fourth-order valence-electron chi connectivity index (χ4n) is 2.69. The fraction of sp³-hybridized carbons (Fsp3) is 0.125. The molecule has 2 aromatic carbocycles. The van der Waals surface area contributed by atoms with E-state index in [1.807, 2.05) is 12.1 Å². The van der Waals surface area contributed by atoms with Crippen LogP contribution in [0.5, 0.6) is 0 Å². The van der Waals surface area contributed by atoms with E-state index in [4.69, 9.17) is 11.6 Å². The van der Waals surface area contributed by atoms with Gasteiger partial charge < -0.3 is 14.8 Å². The Morgan fingerprint density at radius 1 is 1.27 bits per heavy atom. The van der Waals surface area contributed by atoms with Crippen LogP contribution in [0, 0.1) is 0 Å². The number of hydrogen-bond acceptors (Lipinski definition) is 3. The number of carbonyl (C=O) groups excluding carboxylic acids is 2. The van der Waals surface area contributed by atoms with Gasteiger partial charge >= 0.3 is 0 Å². The van der Waals surface area contributed by atoms with Crippen LogP contribution in [0.4, 0.5) is 10.5 Å². The van der Waals surface area contributed by atoms with E-state index < -0.39 is 6.09 Å². The molecule has 0 unspecified atom stereocenters. The van der Waals surface area contributed by atoms with Gasteiger partial charge in [-0.05, 0) is 34.5 Å². The van der Waals surface area contributed by atoms with Crippen molar-refractivity contribution in [3.63, 3.8) is 0 Å². The minimum atomic E-state index is -1.35. The maximum atomic E-state index is 12.5. The second-order valence-electron chi connectivity index (χ2n) is 4.83. The lowest BCUT2D eigenvalue weighted by molar-refractivity contribution is -0.246. The quantitative estimate of drug-likeness (QED) is 0.685. The van der Waals surface area contributed by atoms with Crippen LogP contribution in [0.15, 0.2) is 34.8 Å². The predicted molar refractivity (Wildman–Crippen MR) is 86.4 cm³/mol. The smallest absolute Gasteiger partial charge is 0.194 e. The Hall–Kier alpha value is -1.85. The molecule has 1 aliphatic carbocycles. The number of halogens is 2. The molecule has 0 N–H and O–H groups in total. The molecule has 0 fully saturated rings. The van der Waals surface area contributed by atoms with Gasteiger partial charge in [0.2, 0.25) is 0 Å². The van der Waals surface area contributed by atoms with Crippen molar-refractivity contribution in [2.75, 3.05) is 11.4 Å². The highest BCUT2D eigenvalue weighted by Gasteiger charge is 2.31. The second-order valence-corrected chi connectivity index (χ2v) is 6.00. The van der Waals surface area contributed by atoms with Gasteiger partial charge in [0.05, 0.1) is 15.2 Å². The van der Waals surface area contributed by atoms with Crippen molar-refractivity contribution in [3.8, 4) is 11.1 Å². The van der Waals surface area contributed by atoms with Crippen molar-refractivity contribution in [1.29, 1.82) is 0 Å². The van der Waals surface area contributed by atoms with Crippen molar-refractivity contribution in [2.45, 2.75) is 6.92 Å². The molecular weight excluding hydrogens is 370 g/mol. The van der Waals surface area contributed by atoms with E-state index in [1.54, 1.807) is 25.1 Å². The normalized spacial score (nSPS) is 12.0. The molecule has 3 rings (SSSR count). The first-order chi connectivity index (χ1) is 10.5. The molecule has 0 aromatic heterocycles. The van der Waals surface area contributed by atoms with Crippen LogP contribution in [0.3, 0.4) is 0 Å². The summed E-state index contributed by atoms with van der Waals surface area (Å²) in [4.78, 5) is 24.8. The summed E-state index contributed by atoms with van der Waals surface area (Å²) >= 11 is 9.74. The topological polar surface area (TPSA) is 60.4 Å². The van der Waals surface area contributed by atoms with Crippen molar-refractivity contribution in [2.24, 2.45) is 0 Å². The van der Waals surface area contributed by atoms with Crippen molar-refractivity contribution in [3.05, 3.63) is 51.0 Å². The van der Waals surface area contributed by atoms with E-state index in [1.165, 1.54) is 0 Å². The van der Waals surface area contributed by atoms with Crippen LogP contribution < -0.4 is 10.0 Å². The van der Waals surface area contributed by atoms with E-state index in [2.05, 4.69) is 15.9 Å². The molecule has 1 aliphatic rings. The summed E-state index contributed by atoms with van der Waals surface area (Å²) in [6, 6.07) is 8.73. The van der Waals surface area contributed by atoms with E-state index >= 15 is 0 Å². The van der Waals surface area contributed by atoms with Gasteiger partial charge in [-0.2, -0.15) is 0 Å². The highest BCUT2D eigenvalue weighted by Crippen LogP contribution is 2.47. The molecule has 112 valence electrons. The number of benzene rings is 2. The van der Waals surface area contributed by atoms with Crippen LogP contribution >= 0.6 is 27.5 Å². The number of amides is 1. The summed E-state index contributed by atoms with van der Waals surface area (Å²) in [5, 5.41) is 11.6. The lowest BCUT2D eigenvalue weighted by atomic mass is 10.0. The third-order valence-electron chi connectivity index (χ3n) is 3.70. The van der Waals surface area contributed by atoms with Gasteiger partial charge in [0.15, 0.2) is 5.78 Å². The predicted octanol–water partition coefficient (Wildman–Crippen LogP) is 3.48. The first-order valence-corrected chi connectivity index (χ1v) is 7.79. The molecular formula is C16H10BrClNO3-. The molecule has 0 bridgehead atoms. The highest BCUT2D eigenvalue weighted by molar-refractivity contribution is 9.10. The first kappa shape index (κ1) is 15.1. The summed E-state index contributed by atoms with van der Waals surface area (Å²) in [5.41, 5.74) is 2.68. The number of carbonyl (C=O) groups is 2. The average molecular weight is 380 g/mol. The number of carboxylic acid groups (broad SMARTS) is 1. The summed E-state index contributed by atoms with van der Waals surface area (Å²) in [6.07, 6.45) is -1.35. The zero-order valence-electron chi connectivity index (χ0n) is 11.5. The molecule has 0 spiro atoms. The number of hydrogen-bond donors (Lipinski definition) is 0. The first-order valence-electron chi connectivity index (χ1n) is 6.62. The largest absolute Gasteiger partial charge is 0.530 e. The lowest BCUT2D eigenvalue weighted by Gasteiger charge is -2.26. The Bertz CT molecular complexity index is 819. The molecule has 22 heavy (non-hydrogen) atoms. The van der Waals surface area contributed by atoms with E-state index in [9.17, 15) is 14.7 Å². The number of rotatable bonds is 2. The zero-order valence-corrected chi connectivity index (χ0v) is 13.9. The summed E-state index contributed by atoms with van der Waals surface area (Å²) in [6.45, 7) is 1.87. The molecule has 0 aliphatic heterocycles. The maximum absolute atomic E-state index is 12.5. The number of anilines is 1. The molecule has 0 saturated heterocycles. The van der Waals surface area contributed by atoms with Gasteiger partial charge in [-0.25, -0.2) is 0 Å². The third-order valence-corrected chi connectivity index (χ3v) is 5.11. The minimum absolute atomic E-state index is 0.157. The van der Waals surface area contributed by atoms with Crippen molar-refractivity contribution < 1.29 is 14.7 Å². The minimum Gasteiger partial charge on any atom is -0.530 e. The van der Waals surface area contributed by atoms with Crippen LogP contribution in [0.1, 0.15) is 22.8 Å². The summed E-state index contributed by atoms with van der Waals surface area (Å²) < 4.78 is 0.434. The van der Waals surface area contributed by atoms with Crippen LogP contribution in [-0.4, -0.2) is 18.4 Å². The Kier molecular flexibility index (Phi) is 3.70. The molecule has 0 saturated carbocycles. The third kappa shape index (κ3) is 2.04. The highest BCUT2D eigenvalue weighted by atomic mass is 79.9. The molecule has 4 nitrogen and oxygen atoms in total. The van der Waals surface area contributed by atoms with Gasteiger partial charge in [0, 0.05) is 23.2 Å². The Morgan fingerprint density at radius 2 is 1.91 bits per heavy atom. The fourth-order valence-corrected chi connectivity index (χ4v) is 3.52. The molecule has 0 radical (unpaired) electrons. The summed E-state index contributed by atoms with van der Waals surface area (Å²) in [7, 11) is 0. The molecule has 2 aromatic rings. The van der Waals surface area contributed by atoms with E-state index in [0.29, 0.717) is 31.9 Å². The van der Waals surface area contributed by atoms with Crippen LogP contribution in [-0.2, 0) is 0 Å². The van der Waals surface area contributed by atoms with Gasteiger partial charge in [0.25, 0.3) is 0 Å². The number of nitrogens with zero attached hydrogens (tertiary/aromatic N) is 1. The monoisotopic (exact) mass is 378 g/mol. The average Bonchev–Trinajstić information content (AvgIpc) is 2.78. The Morgan fingerprint density at radius 3 is 2.50 bits per heavy atom. The lowest BCUT2D eigenvalue weighted by Crippen LogP contribution is -2.41. The van der Waals surface area contributed by atoms with Gasteiger partial charge in [-0.3, -0.25) is 4.79 Å². The SMILES string of the molecule is CCN(C(=O)[O-])c1cc2c(c(Cl)c1Br)-c1ccccc1C2=O. The summed E-state index contributed by atoms with van der Waals surface area (Å²) in [5.74, 6) is -0.157. The maximum Gasteiger partial charge on any atom is 0.194 e. The van der Waals surface area contributed by atoms with Crippen molar-refractivity contribution in [1.82, 2.24) is 0 Å².